The van der Waals surface area contributed by atoms with Crippen molar-refractivity contribution in [1.29, 1.82) is 0 Å². The molecule has 0 aliphatic carbocycles. The van der Waals surface area contributed by atoms with Crippen LogP contribution in [0.3, 0.4) is 0 Å². The molecule has 0 saturated carbocycles. The van der Waals surface area contributed by atoms with E-state index in [-0.39, 0.29) is 0 Å². The molecule has 0 unspecified atom stereocenters. The Morgan fingerprint density at radius 2 is 1.00 bits per heavy atom. The summed E-state index contributed by atoms with van der Waals surface area (Å²) in [5.41, 5.74) is 0. The van der Waals surface area contributed by atoms with Crippen LogP contribution in [0.25, 0.3) is 0 Å². The van der Waals surface area contributed by atoms with E-state index in [1.807, 2.05) is 0 Å². The van der Waals surface area contributed by atoms with Gasteiger partial charge in [0.05, 0.1) is 0 Å². The maximum Gasteiger partial charge on any atom is 0.151 e. The number of hydrogen-bond donors (Lipinski definition) is 0. The third-order valence-corrected chi connectivity index (χ3v) is 1.34. The van der Waals surface area contributed by atoms with Gasteiger partial charge in [-0.3, -0.25) is 0 Å². The SMILES string of the molecule is C1=NC(=CC=C2N=CC=N2)N=C1. The molecule has 0 N–H and O–H groups in total. The number of hydrogen-bond acceptors (Lipinski definition) is 4. The van der Waals surface area contributed by atoms with E-state index in [0.717, 1.165) is 0 Å². The maximum absolute atomic E-state index is 3.96. The molecular weight excluding hydrogens is 152 g/mol. The summed E-state index contributed by atoms with van der Waals surface area (Å²) in [5.74, 6) is 1.36. The predicted molar refractivity (Wildman–Crippen MR) is 50.1 cm³/mol. The van der Waals surface area contributed by atoms with Gasteiger partial charge in [-0.25, -0.2) is 20.0 Å². The molecule has 4 nitrogen and oxygen atoms in total. The Morgan fingerprint density at radius 1 is 0.667 bits per heavy atom. The molecule has 58 valence electrons. The molecule has 2 aliphatic rings. The molecular formula is C8H6N4. The summed E-state index contributed by atoms with van der Waals surface area (Å²) in [7, 11) is 0. The predicted octanol–water partition coefficient (Wildman–Crippen LogP) is 0.980. The van der Waals surface area contributed by atoms with Crippen molar-refractivity contribution in [3.8, 4) is 0 Å². The average Bonchev–Trinajstić information content (AvgIpc) is 2.74. The molecule has 0 radical (unpaired) electrons. The van der Waals surface area contributed by atoms with Crippen molar-refractivity contribution in [3.05, 3.63) is 23.8 Å². The largest absolute Gasteiger partial charge is 0.236 e. The zero-order valence-electron chi connectivity index (χ0n) is 6.25. The van der Waals surface area contributed by atoms with Gasteiger partial charge in [-0.2, -0.15) is 0 Å². The minimum absolute atomic E-state index is 0.680. The van der Waals surface area contributed by atoms with Crippen molar-refractivity contribution in [2.75, 3.05) is 0 Å². The lowest BCUT2D eigenvalue weighted by Crippen LogP contribution is -1.67. The van der Waals surface area contributed by atoms with Gasteiger partial charge in [-0.05, 0) is 12.2 Å². The van der Waals surface area contributed by atoms with E-state index in [4.69, 9.17) is 0 Å². The van der Waals surface area contributed by atoms with Crippen LogP contribution in [0.1, 0.15) is 0 Å². The number of aliphatic imine (C=N–C) groups is 4. The summed E-state index contributed by atoms with van der Waals surface area (Å²) in [4.78, 5) is 15.8. The molecule has 0 atom stereocenters. The summed E-state index contributed by atoms with van der Waals surface area (Å²) in [5, 5.41) is 0. The summed E-state index contributed by atoms with van der Waals surface area (Å²) >= 11 is 0. The lowest BCUT2D eigenvalue weighted by atomic mass is 10.5. The van der Waals surface area contributed by atoms with E-state index >= 15 is 0 Å². The van der Waals surface area contributed by atoms with Crippen LogP contribution >= 0.6 is 0 Å². The molecule has 2 heterocycles. The van der Waals surface area contributed by atoms with Crippen LogP contribution in [0.5, 0.6) is 0 Å². The van der Waals surface area contributed by atoms with E-state index in [0.29, 0.717) is 11.6 Å². The fourth-order valence-electron chi connectivity index (χ4n) is 0.827. The summed E-state index contributed by atoms with van der Waals surface area (Å²) in [6, 6.07) is 0. The van der Waals surface area contributed by atoms with E-state index in [2.05, 4.69) is 20.0 Å². The molecule has 0 aromatic rings. The lowest BCUT2D eigenvalue weighted by molar-refractivity contribution is 1.25. The topological polar surface area (TPSA) is 49.4 Å². The normalized spacial score (nSPS) is 18.0. The highest BCUT2D eigenvalue weighted by atomic mass is 15.0. The molecule has 4 heteroatoms. The third-order valence-electron chi connectivity index (χ3n) is 1.34. The summed E-state index contributed by atoms with van der Waals surface area (Å²) < 4.78 is 0. The van der Waals surface area contributed by atoms with Gasteiger partial charge in [0.2, 0.25) is 0 Å². The molecule has 2 rings (SSSR count). The zero-order chi connectivity index (χ0) is 8.23. The lowest BCUT2D eigenvalue weighted by Gasteiger charge is -1.84. The molecule has 0 aromatic carbocycles. The highest BCUT2D eigenvalue weighted by molar-refractivity contribution is 6.18. The number of nitrogens with zero attached hydrogens (tertiary/aromatic N) is 4. The molecule has 0 fully saturated rings. The third kappa shape index (κ3) is 1.42. The zero-order valence-corrected chi connectivity index (χ0v) is 6.25. The molecule has 2 aliphatic heterocycles. The van der Waals surface area contributed by atoms with Crippen molar-refractivity contribution in [3.63, 3.8) is 0 Å². The summed E-state index contributed by atoms with van der Waals surface area (Å²) in [6.45, 7) is 0. The van der Waals surface area contributed by atoms with Crippen LogP contribution < -0.4 is 0 Å². The van der Waals surface area contributed by atoms with E-state index in [1.165, 1.54) is 0 Å². The quantitative estimate of drug-likeness (QED) is 0.546. The second kappa shape index (κ2) is 3.04. The van der Waals surface area contributed by atoms with Gasteiger partial charge in [0, 0.05) is 24.9 Å². The van der Waals surface area contributed by atoms with Crippen molar-refractivity contribution in [1.82, 2.24) is 0 Å². The van der Waals surface area contributed by atoms with Gasteiger partial charge in [-0.15, -0.1) is 0 Å². The molecule has 0 aromatic heterocycles. The Hall–Kier alpha value is -1.84. The Bertz CT molecular complexity index is 291. The fraction of sp³-hybridized carbons (Fsp3) is 0. The van der Waals surface area contributed by atoms with Gasteiger partial charge in [0.1, 0.15) is 0 Å². The van der Waals surface area contributed by atoms with Crippen LogP contribution in [0.2, 0.25) is 0 Å². The highest BCUT2D eigenvalue weighted by Gasteiger charge is 1.94. The van der Waals surface area contributed by atoms with Gasteiger partial charge < -0.3 is 0 Å². The maximum atomic E-state index is 3.96. The van der Waals surface area contributed by atoms with Gasteiger partial charge in [0.25, 0.3) is 0 Å². The molecule has 0 spiro atoms. The Balaban J connectivity index is 2.14. The Morgan fingerprint density at radius 3 is 1.33 bits per heavy atom. The fourth-order valence-corrected chi connectivity index (χ4v) is 0.827. The van der Waals surface area contributed by atoms with E-state index in [1.54, 1.807) is 37.0 Å². The minimum atomic E-state index is 0.680. The first-order valence-corrected chi connectivity index (χ1v) is 3.50. The summed E-state index contributed by atoms with van der Waals surface area (Å²) in [6.07, 6.45) is 10.1. The molecule has 12 heavy (non-hydrogen) atoms. The molecule has 0 bridgehead atoms. The molecule has 0 saturated heterocycles. The van der Waals surface area contributed by atoms with Crippen molar-refractivity contribution >= 4 is 24.9 Å². The monoisotopic (exact) mass is 158 g/mol. The smallest absolute Gasteiger partial charge is 0.151 e. The first-order chi connectivity index (χ1) is 5.95. The van der Waals surface area contributed by atoms with E-state index < -0.39 is 0 Å². The average molecular weight is 158 g/mol. The first kappa shape index (κ1) is 6.84. The second-order valence-corrected chi connectivity index (χ2v) is 2.16. The van der Waals surface area contributed by atoms with E-state index in [9.17, 15) is 0 Å². The van der Waals surface area contributed by atoms with Crippen LogP contribution in [0.4, 0.5) is 0 Å². The van der Waals surface area contributed by atoms with Crippen LogP contribution in [0, 0.1) is 0 Å². The van der Waals surface area contributed by atoms with Crippen LogP contribution in [0.15, 0.2) is 43.8 Å². The Labute approximate surface area is 69.5 Å². The van der Waals surface area contributed by atoms with Gasteiger partial charge in [-0.1, -0.05) is 0 Å². The minimum Gasteiger partial charge on any atom is -0.236 e. The van der Waals surface area contributed by atoms with Gasteiger partial charge >= 0.3 is 0 Å². The van der Waals surface area contributed by atoms with Crippen molar-refractivity contribution < 1.29 is 0 Å². The number of allylic oxidation sites excluding steroid dienone is 2. The van der Waals surface area contributed by atoms with Crippen molar-refractivity contribution in [2.45, 2.75) is 0 Å². The van der Waals surface area contributed by atoms with Crippen molar-refractivity contribution in [2.24, 2.45) is 20.0 Å². The van der Waals surface area contributed by atoms with Gasteiger partial charge in [0.15, 0.2) is 11.6 Å². The standard InChI is InChI=1S/C8H6N4/c1(7-9-3-4-10-7)2-8-11-5-6-12-8/h1-6H. The molecule has 0 amide bonds. The number of rotatable bonds is 1. The van der Waals surface area contributed by atoms with Crippen LogP contribution in [-0.4, -0.2) is 24.9 Å². The Kier molecular flexibility index (Phi) is 1.74. The second-order valence-electron chi connectivity index (χ2n) is 2.16. The first-order valence-electron chi connectivity index (χ1n) is 3.50. The van der Waals surface area contributed by atoms with Crippen LogP contribution in [-0.2, 0) is 0 Å². The highest BCUT2D eigenvalue weighted by Crippen LogP contribution is 2.06.